The van der Waals surface area contributed by atoms with Gasteiger partial charge in [0.1, 0.15) is 0 Å². The highest BCUT2D eigenvalue weighted by Gasteiger charge is 2.20. The van der Waals surface area contributed by atoms with Crippen molar-refractivity contribution in [2.75, 3.05) is 13.2 Å². The SMILES string of the molecule is CCCCCCCCC/C=C\CCCCCCCC(=O)OCCCCCCCCCCCCCCCCCC(=O)NC(CO)C(O)CCCCCCCCCCCCCCCCC. The van der Waals surface area contributed by atoms with Crippen molar-refractivity contribution in [3.8, 4) is 0 Å². The van der Waals surface area contributed by atoms with Crippen LogP contribution in [0.3, 0.4) is 0 Å². The van der Waals surface area contributed by atoms with Gasteiger partial charge in [-0.15, -0.1) is 0 Å². The van der Waals surface area contributed by atoms with Crippen LogP contribution in [0, 0.1) is 0 Å². The zero-order valence-corrected chi connectivity index (χ0v) is 42.6. The maximum Gasteiger partial charge on any atom is 0.305 e. The Balaban J connectivity index is 3.42. The molecule has 0 rings (SSSR count). The van der Waals surface area contributed by atoms with Gasteiger partial charge in [-0.1, -0.05) is 264 Å². The van der Waals surface area contributed by atoms with Crippen LogP contribution in [0.1, 0.15) is 316 Å². The Bertz CT molecular complexity index is 939. The third kappa shape index (κ3) is 49.9. The Kier molecular flexibility index (Phi) is 52.0. The molecule has 0 aromatic carbocycles. The first kappa shape index (κ1) is 61.6. The van der Waals surface area contributed by atoms with Crippen molar-refractivity contribution in [3.05, 3.63) is 12.2 Å². The van der Waals surface area contributed by atoms with Gasteiger partial charge in [0.25, 0.3) is 0 Å². The van der Waals surface area contributed by atoms with E-state index in [0.717, 1.165) is 51.4 Å². The van der Waals surface area contributed by atoms with Gasteiger partial charge in [0.15, 0.2) is 0 Å². The van der Waals surface area contributed by atoms with E-state index in [1.54, 1.807) is 0 Å². The first-order valence-corrected chi connectivity index (χ1v) is 28.4. The molecule has 1 amide bonds. The van der Waals surface area contributed by atoms with E-state index in [1.165, 1.54) is 231 Å². The molecule has 0 saturated heterocycles. The maximum atomic E-state index is 12.5. The van der Waals surface area contributed by atoms with Gasteiger partial charge in [-0.05, 0) is 51.4 Å². The number of amides is 1. The first-order chi connectivity index (χ1) is 31.0. The van der Waals surface area contributed by atoms with Crippen LogP contribution in [0.4, 0.5) is 0 Å². The minimum Gasteiger partial charge on any atom is -0.466 e. The summed E-state index contributed by atoms with van der Waals surface area (Å²) in [5, 5.41) is 23.3. The highest BCUT2D eigenvalue weighted by Crippen LogP contribution is 2.17. The van der Waals surface area contributed by atoms with E-state index in [0.29, 0.717) is 25.9 Å². The minimum absolute atomic E-state index is 0.00607. The molecule has 0 aliphatic rings. The number of hydrogen-bond donors (Lipinski definition) is 3. The fourth-order valence-electron chi connectivity index (χ4n) is 8.93. The molecule has 63 heavy (non-hydrogen) atoms. The third-order valence-corrected chi connectivity index (χ3v) is 13.3. The highest BCUT2D eigenvalue weighted by atomic mass is 16.5. The largest absolute Gasteiger partial charge is 0.466 e. The van der Waals surface area contributed by atoms with Gasteiger partial charge in [0.2, 0.25) is 5.91 Å². The lowest BCUT2D eigenvalue weighted by Gasteiger charge is -2.22. The number of unbranched alkanes of at least 4 members (excludes halogenated alkanes) is 40. The van der Waals surface area contributed by atoms with Crippen LogP contribution in [0.2, 0.25) is 0 Å². The summed E-state index contributed by atoms with van der Waals surface area (Å²) in [6.07, 6.45) is 61.9. The van der Waals surface area contributed by atoms with E-state index in [1.807, 2.05) is 0 Å². The molecule has 0 fully saturated rings. The van der Waals surface area contributed by atoms with Gasteiger partial charge >= 0.3 is 5.97 Å². The molecule has 3 N–H and O–H groups in total. The predicted octanol–water partition coefficient (Wildman–Crippen LogP) is 17.3. The third-order valence-electron chi connectivity index (χ3n) is 13.3. The van der Waals surface area contributed by atoms with Gasteiger partial charge in [-0.2, -0.15) is 0 Å². The average molecular weight is 891 g/mol. The molecular formula is C57H111NO5. The lowest BCUT2D eigenvalue weighted by atomic mass is 10.0. The summed E-state index contributed by atoms with van der Waals surface area (Å²) >= 11 is 0. The topological polar surface area (TPSA) is 95.9 Å². The molecule has 2 unspecified atom stereocenters. The minimum atomic E-state index is -0.669. The normalized spacial score (nSPS) is 12.6. The van der Waals surface area contributed by atoms with E-state index in [9.17, 15) is 19.8 Å². The monoisotopic (exact) mass is 890 g/mol. The van der Waals surface area contributed by atoms with Gasteiger partial charge in [0.05, 0.1) is 25.4 Å². The van der Waals surface area contributed by atoms with Crippen LogP contribution in [0.25, 0.3) is 0 Å². The highest BCUT2D eigenvalue weighted by molar-refractivity contribution is 5.76. The van der Waals surface area contributed by atoms with Crippen LogP contribution in [0.15, 0.2) is 12.2 Å². The molecule has 0 aromatic rings. The first-order valence-electron chi connectivity index (χ1n) is 28.4. The van der Waals surface area contributed by atoms with Crippen molar-refractivity contribution < 1.29 is 24.5 Å². The number of carbonyl (C=O) groups excluding carboxylic acids is 2. The molecular weight excluding hydrogens is 779 g/mol. The second-order valence-electron chi connectivity index (χ2n) is 19.6. The number of allylic oxidation sites excluding steroid dienone is 2. The van der Waals surface area contributed by atoms with E-state index >= 15 is 0 Å². The zero-order valence-electron chi connectivity index (χ0n) is 42.6. The fourth-order valence-corrected chi connectivity index (χ4v) is 8.93. The number of esters is 1. The van der Waals surface area contributed by atoms with E-state index in [2.05, 4.69) is 31.3 Å². The smallest absolute Gasteiger partial charge is 0.305 e. The van der Waals surface area contributed by atoms with Crippen molar-refractivity contribution in [2.45, 2.75) is 328 Å². The van der Waals surface area contributed by atoms with E-state index in [-0.39, 0.29) is 18.5 Å². The molecule has 0 aliphatic heterocycles. The summed E-state index contributed by atoms with van der Waals surface area (Å²) in [5.74, 6) is -0.0479. The summed E-state index contributed by atoms with van der Waals surface area (Å²) in [5.41, 5.74) is 0. The molecule has 0 heterocycles. The summed E-state index contributed by atoms with van der Waals surface area (Å²) in [6, 6.07) is -0.547. The number of ether oxygens (including phenoxy) is 1. The van der Waals surface area contributed by atoms with Crippen molar-refractivity contribution in [3.63, 3.8) is 0 Å². The van der Waals surface area contributed by atoms with Gasteiger partial charge in [0, 0.05) is 12.8 Å². The van der Waals surface area contributed by atoms with Crippen molar-refractivity contribution >= 4 is 11.9 Å². The van der Waals surface area contributed by atoms with Crippen molar-refractivity contribution in [2.24, 2.45) is 0 Å². The fraction of sp³-hybridized carbons (Fsp3) is 0.930. The molecule has 2 atom stereocenters. The molecule has 0 spiro atoms. The quantitative estimate of drug-likeness (QED) is 0.0321. The Hall–Kier alpha value is -1.40. The summed E-state index contributed by atoms with van der Waals surface area (Å²) in [7, 11) is 0. The Labute approximate surface area is 393 Å². The summed E-state index contributed by atoms with van der Waals surface area (Å²) < 4.78 is 5.47. The number of nitrogens with one attached hydrogen (secondary N) is 1. The molecule has 374 valence electrons. The summed E-state index contributed by atoms with van der Waals surface area (Å²) in [6.45, 7) is 4.94. The molecule has 0 aliphatic carbocycles. The lowest BCUT2D eigenvalue weighted by molar-refractivity contribution is -0.143. The van der Waals surface area contributed by atoms with Crippen LogP contribution < -0.4 is 5.32 Å². The van der Waals surface area contributed by atoms with Crippen LogP contribution in [-0.4, -0.2) is 47.4 Å². The Morgan fingerprint density at radius 3 is 1.13 bits per heavy atom. The van der Waals surface area contributed by atoms with Crippen LogP contribution in [-0.2, 0) is 14.3 Å². The zero-order chi connectivity index (χ0) is 45.8. The lowest BCUT2D eigenvalue weighted by Crippen LogP contribution is -2.45. The van der Waals surface area contributed by atoms with Gasteiger partial charge in [-0.3, -0.25) is 9.59 Å². The number of hydrogen-bond acceptors (Lipinski definition) is 5. The molecule has 0 aromatic heterocycles. The number of rotatable bonds is 53. The Morgan fingerprint density at radius 1 is 0.429 bits per heavy atom. The predicted molar refractivity (Wildman–Crippen MR) is 273 cm³/mol. The molecule has 6 heteroatoms. The Morgan fingerprint density at radius 2 is 0.746 bits per heavy atom. The molecule has 0 saturated carbocycles. The number of aliphatic hydroxyl groups is 2. The second-order valence-corrected chi connectivity index (χ2v) is 19.6. The van der Waals surface area contributed by atoms with Gasteiger partial charge < -0.3 is 20.3 Å². The molecule has 6 nitrogen and oxygen atoms in total. The molecule has 0 radical (unpaired) electrons. The standard InChI is InChI=1S/C57H111NO5/c1-3-5-7-9-11-13-15-17-19-23-27-31-35-39-43-47-51-57(62)63-52-48-44-40-36-32-28-24-20-22-26-30-34-38-42-46-50-56(61)58-54(53-59)55(60)49-45-41-37-33-29-25-21-18-16-14-12-10-8-6-4-2/h19,23,54-55,59-60H,3-18,20-22,24-53H2,1-2H3,(H,58,61)/b23-19-. The molecule has 0 bridgehead atoms. The van der Waals surface area contributed by atoms with Gasteiger partial charge in [-0.25, -0.2) is 0 Å². The van der Waals surface area contributed by atoms with Crippen molar-refractivity contribution in [1.29, 1.82) is 0 Å². The number of carbonyl (C=O) groups is 2. The van der Waals surface area contributed by atoms with Crippen LogP contribution >= 0.6 is 0 Å². The average Bonchev–Trinajstić information content (AvgIpc) is 3.28. The maximum absolute atomic E-state index is 12.5. The van der Waals surface area contributed by atoms with E-state index < -0.39 is 12.1 Å². The van der Waals surface area contributed by atoms with Crippen LogP contribution in [0.5, 0.6) is 0 Å². The second kappa shape index (κ2) is 53.2. The van der Waals surface area contributed by atoms with Crippen molar-refractivity contribution in [1.82, 2.24) is 5.32 Å². The summed E-state index contributed by atoms with van der Waals surface area (Å²) in [4.78, 5) is 24.5. The number of aliphatic hydroxyl groups excluding tert-OH is 2. The van der Waals surface area contributed by atoms with E-state index in [4.69, 9.17) is 4.74 Å².